The van der Waals surface area contributed by atoms with Crippen LogP contribution in [0.4, 0.5) is 5.95 Å². The second kappa shape index (κ2) is 4.86. The fourth-order valence-corrected chi connectivity index (χ4v) is 1.37. The van der Waals surface area contributed by atoms with Crippen LogP contribution in [0.15, 0.2) is 6.07 Å². The van der Waals surface area contributed by atoms with E-state index in [0.29, 0.717) is 12.5 Å². The third-order valence-corrected chi connectivity index (χ3v) is 2.04. The van der Waals surface area contributed by atoms with Gasteiger partial charge in [-0.2, -0.15) is 15.1 Å². The van der Waals surface area contributed by atoms with Crippen LogP contribution in [0.3, 0.4) is 0 Å². The van der Waals surface area contributed by atoms with Crippen molar-refractivity contribution in [2.24, 2.45) is 7.05 Å². The zero-order valence-electron chi connectivity index (χ0n) is 10.4. The van der Waals surface area contributed by atoms with Crippen LogP contribution >= 0.6 is 0 Å². The van der Waals surface area contributed by atoms with Crippen LogP contribution in [0, 0.1) is 6.92 Å². The quantitative estimate of drug-likeness (QED) is 0.851. The molecular formula is C10H14N6O2. The molecule has 0 aromatic carbocycles. The number of nitrogens with two attached hydrogens (primary N) is 1. The zero-order chi connectivity index (χ0) is 13.1. The number of hydrogen-bond acceptors (Lipinski definition) is 7. The predicted molar refractivity (Wildman–Crippen MR) is 63.4 cm³/mol. The van der Waals surface area contributed by atoms with Crippen molar-refractivity contribution in [3.05, 3.63) is 11.8 Å². The summed E-state index contributed by atoms with van der Waals surface area (Å²) in [5.41, 5.74) is 6.37. The minimum Gasteiger partial charge on any atom is -0.464 e. The van der Waals surface area contributed by atoms with Gasteiger partial charge in [-0.15, -0.1) is 4.98 Å². The van der Waals surface area contributed by atoms with Crippen LogP contribution < -0.4 is 15.2 Å². The summed E-state index contributed by atoms with van der Waals surface area (Å²) in [7, 11) is 1.76. The second-order valence-electron chi connectivity index (χ2n) is 3.54. The SMILES string of the molecule is CCOc1nc(N)nc(Oc2cc(C)nn2C)n1. The minimum absolute atomic E-state index is 0.0438. The lowest BCUT2D eigenvalue weighted by Gasteiger charge is -2.05. The molecule has 8 nitrogen and oxygen atoms in total. The molecular weight excluding hydrogens is 236 g/mol. The summed E-state index contributed by atoms with van der Waals surface area (Å²) >= 11 is 0. The molecule has 0 aliphatic carbocycles. The summed E-state index contributed by atoms with van der Waals surface area (Å²) in [6.45, 7) is 4.12. The second-order valence-corrected chi connectivity index (χ2v) is 3.54. The minimum atomic E-state index is 0.0438. The molecule has 96 valence electrons. The molecule has 0 atom stereocenters. The van der Waals surface area contributed by atoms with E-state index in [1.807, 2.05) is 13.8 Å². The van der Waals surface area contributed by atoms with Crippen LogP contribution in [0.5, 0.6) is 17.9 Å². The summed E-state index contributed by atoms with van der Waals surface area (Å²) in [5, 5.41) is 4.15. The Morgan fingerprint density at radius 1 is 1.28 bits per heavy atom. The van der Waals surface area contributed by atoms with E-state index in [2.05, 4.69) is 20.1 Å². The molecule has 8 heteroatoms. The molecule has 2 heterocycles. The highest BCUT2D eigenvalue weighted by Gasteiger charge is 2.10. The molecule has 18 heavy (non-hydrogen) atoms. The first-order valence-electron chi connectivity index (χ1n) is 5.41. The van der Waals surface area contributed by atoms with E-state index in [-0.39, 0.29) is 18.0 Å². The van der Waals surface area contributed by atoms with Gasteiger partial charge in [0, 0.05) is 13.1 Å². The normalized spacial score (nSPS) is 10.4. The third-order valence-electron chi connectivity index (χ3n) is 2.04. The maximum Gasteiger partial charge on any atom is 0.331 e. The summed E-state index contributed by atoms with van der Waals surface area (Å²) in [5.74, 6) is 0.558. The van der Waals surface area contributed by atoms with Gasteiger partial charge in [-0.05, 0) is 13.8 Å². The highest BCUT2D eigenvalue weighted by Crippen LogP contribution is 2.19. The average molecular weight is 250 g/mol. The Labute approximate surface area is 104 Å². The van der Waals surface area contributed by atoms with Crippen molar-refractivity contribution in [3.63, 3.8) is 0 Å². The number of nitrogens with zero attached hydrogens (tertiary/aromatic N) is 5. The molecule has 2 N–H and O–H groups in total. The van der Waals surface area contributed by atoms with Gasteiger partial charge in [0.1, 0.15) is 0 Å². The average Bonchev–Trinajstić information content (AvgIpc) is 2.57. The molecule has 0 saturated carbocycles. The van der Waals surface area contributed by atoms with Crippen LogP contribution in [0.25, 0.3) is 0 Å². The van der Waals surface area contributed by atoms with Crippen molar-refractivity contribution >= 4 is 5.95 Å². The molecule has 0 unspecified atom stereocenters. The topological polar surface area (TPSA) is 101 Å². The lowest BCUT2D eigenvalue weighted by molar-refractivity contribution is 0.301. The zero-order valence-corrected chi connectivity index (χ0v) is 10.4. The van der Waals surface area contributed by atoms with Gasteiger partial charge in [0.15, 0.2) is 0 Å². The molecule has 0 spiro atoms. The van der Waals surface area contributed by atoms with Gasteiger partial charge >= 0.3 is 12.0 Å². The van der Waals surface area contributed by atoms with E-state index in [4.69, 9.17) is 15.2 Å². The van der Waals surface area contributed by atoms with E-state index >= 15 is 0 Å². The van der Waals surface area contributed by atoms with Gasteiger partial charge in [-0.3, -0.25) is 0 Å². The number of anilines is 1. The summed E-state index contributed by atoms with van der Waals surface area (Å²) in [4.78, 5) is 11.7. The number of hydrogen-bond donors (Lipinski definition) is 1. The predicted octanol–water partition coefficient (Wildman–Crippen LogP) is 0.687. The van der Waals surface area contributed by atoms with Gasteiger partial charge < -0.3 is 15.2 Å². The number of rotatable bonds is 4. The largest absolute Gasteiger partial charge is 0.464 e. The van der Waals surface area contributed by atoms with Gasteiger partial charge in [0.2, 0.25) is 11.8 Å². The van der Waals surface area contributed by atoms with Gasteiger partial charge in [-0.1, -0.05) is 0 Å². The van der Waals surface area contributed by atoms with Gasteiger partial charge in [0.25, 0.3) is 0 Å². The maximum absolute atomic E-state index is 5.54. The molecule has 2 aromatic rings. The van der Waals surface area contributed by atoms with Crippen molar-refractivity contribution in [1.29, 1.82) is 0 Å². The molecule has 0 aliphatic heterocycles. The Balaban J connectivity index is 2.25. The van der Waals surface area contributed by atoms with E-state index < -0.39 is 0 Å². The van der Waals surface area contributed by atoms with Gasteiger partial charge in [-0.25, -0.2) is 4.68 Å². The van der Waals surface area contributed by atoms with Crippen LogP contribution in [0.1, 0.15) is 12.6 Å². The van der Waals surface area contributed by atoms with Crippen LogP contribution in [-0.4, -0.2) is 31.3 Å². The number of nitrogen functional groups attached to an aromatic ring is 1. The van der Waals surface area contributed by atoms with Crippen LogP contribution in [0.2, 0.25) is 0 Å². The fraction of sp³-hybridized carbons (Fsp3) is 0.400. The summed E-state index contributed by atoms with van der Waals surface area (Å²) in [6, 6.07) is 1.98. The maximum atomic E-state index is 5.54. The molecule has 0 amide bonds. The molecule has 0 bridgehead atoms. The summed E-state index contributed by atoms with van der Waals surface area (Å²) < 4.78 is 12.2. The highest BCUT2D eigenvalue weighted by atomic mass is 16.5. The molecule has 0 aliphatic rings. The Hall–Kier alpha value is -2.38. The lowest BCUT2D eigenvalue weighted by Crippen LogP contribution is -2.05. The first-order chi connectivity index (χ1) is 8.58. The van der Waals surface area contributed by atoms with Crippen molar-refractivity contribution in [3.8, 4) is 17.9 Å². The standard InChI is InChI=1S/C10H14N6O2/c1-4-17-9-12-8(11)13-10(14-9)18-7-5-6(2)15-16(7)3/h5H,4H2,1-3H3,(H2,11,12,13,14). The van der Waals surface area contributed by atoms with Crippen LogP contribution in [-0.2, 0) is 7.05 Å². The first-order valence-corrected chi connectivity index (χ1v) is 5.41. The van der Waals surface area contributed by atoms with Crippen molar-refractivity contribution < 1.29 is 9.47 Å². The summed E-state index contributed by atoms with van der Waals surface area (Å²) in [6.07, 6.45) is 0. The third kappa shape index (κ3) is 2.65. The Morgan fingerprint density at radius 3 is 2.61 bits per heavy atom. The number of aryl methyl sites for hydroxylation is 2. The van der Waals surface area contributed by atoms with E-state index in [1.54, 1.807) is 17.8 Å². The Bertz CT molecular complexity index is 553. The molecule has 2 rings (SSSR count). The smallest absolute Gasteiger partial charge is 0.331 e. The molecule has 2 aromatic heterocycles. The first kappa shape index (κ1) is 12.1. The van der Waals surface area contributed by atoms with Crippen molar-refractivity contribution in [2.45, 2.75) is 13.8 Å². The van der Waals surface area contributed by atoms with E-state index in [1.165, 1.54) is 0 Å². The van der Waals surface area contributed by atoms with E-state index in [0.717, 1.165) is 5.69 Å². The monoisotopic (exact) mass is 250 g/mol. The van der Waals surface area contributed by atoms with Gasteiger partial charge in [0.05, 0.1) is 12.3 Å². The lowest BCUT2D eigenvalue weighted by atomic mass is 10.5. The Kier molecular flexibility index (Phi) is 3.26. The van der Waals surface area contributed by atoms with Crippen molar-refractivity contribution in [1.82, 2.24) is 24.7 Å². The fourth-order valence-electron chi connectivity index (χ4n) is 1.37. The molecule has 0 fully saturated rings. The Morgan fingerprint density at radius 2 is 2.00 bits per heavy atom. The number of aromatic nitrogens is 5. The van der Waals surface area contributed by atoms with E-state index in [9.17, 15) is 0 Å². The molecule has 0 radical (unpaired) electrons. The number of ether oxygens (including phenoxy) is 2. The highest BCUT2D eigenvalue weighted by molar-refractivity contribution is 5.24. The molecule has 0 saturated heterocycles. The van der Waals surface area contributed by atoms with Crippen molar-refractivity contribution in [2.75, 3.05) is 12.3 Å².